The van der Waals surface area contributed by atoms with Crippen LogP contribution in [0, 0.1) is 0 Å². The summed E-state index contributed by atoms with van der Waals surface area (Å²) in [7, 11) is -2.23. The second kappa shape index (κ2) is 12.8. The lowest BCUT2D eigenvalue weighted by Crippen LogP contribution is -2.54. The summed E-state index contributed by atoms with van der Waals surface area (Å²) >= 11 is 0. The number of guanidine groups is 1. The first-order chi connectivity index (χ1) is 22.4. The number of para-hydroxylation sites is 2. The molecule has 240 valence electrons. The van der Waals surface area contributed by atoms with Crippen molar-refractivity contribution in [1.29, 1.82) is 0 Å². The van der Waals surface area contributed by atoms with Gasteiger partial charge in [0, 0.05) is 50.7 Å². The van der Waals surface area contributed by atoms with E-state index < -0.39 is 10.0 Å². The largest absolute Gasteiger partial charge is 0.493 e. The quantitative estimate of drug-likeness (QED) is 0.326. The van der Waals surface area contributed by atoms with Crippen LogP contribution in [0.1, 0.15) is 36.0 Å². The summed E-state index contributed by atoms with van der Waals surface area (Å²) in [6.45, 7) is 5.11. The molecule has 0 saturated carbocycles. The highest BCUT2D eigenvalue weighted by Gasteiger charge is 2.36. The number of rotatable bonds is 8. The van der Waals surface area contributed by atoms with Crippen LogP contribution in [0.5, 0.6) is 11.5 Å². The molecule has 0 unspecified atom stereocenters. The van der Waals surface area contributed by atoms with Crippen LogP contribution < -0.4 is 14.4 Å². The monoisotopic (exact) mass is 642 g/mol. The maximum absolute atomic E-state index is 13.2. The lowest BCUT2D eigenvalue weighted by Gasteiger charge is -2.41. The van der Waals surface area contributed by atoms with Gasteiger partial charge in [-0.2, -0.15) is 8.42 Å². The summed E-state index contributed by atoms with van der Waals surface area (Å²) in [6.07, 6.45) is 5.61. The van der Waals surface area contributed by atoms with E-state index in [0.29, 0.717) is 54.1 Å². The molecule has 1 atom stereocenters. The Hall–Kier alpha value is -4.42. The molecular formula is C34H38N6O5S. The van der Waals surface area contributed by atoms with Crippen molar-refractivity contribution in [3.05, 3.63) is 72.3 Å². The van der Waals surface area contributed by atoms with Gasteiger partial charge in [-0.25, -0.2) is 0 Å². The Morgan fingerprint density at radius 3 is 2.50 bits per heavy atom. The number of ether oxygens (including phenoxy) is 2. The molecule has 0 N–H and O–H groups in total. The highest BCUT2D eigenvalue weighted by molar-refractivity contribution is 7.90. The van der Waals surface area contributed by atoms with Gasteiger partial charge in [0.1, 0.15) is 4.90 Å². The van der Waals surface area contributed by atoms with Crippen LogP contribution in [0.2, 0.25) is 0 Å². The Morgan fingerprint density at radius 1 is 0.913 bits per heavy atom. The third kappa shape index (κ3) is 5.82. The van der Waals surface area contributed by atoms with Crippen molar-refractivity contribution < 1.29 is 22.7 Å². The van der Waals surface area contributed by atoms with Gasteiger partial charge in [-0.05, 0) is 62.6 Å². The van der Waals surface area contributed by atoms with Crippen molar-refractivity contribution in [1.82, 2.24) is 14.7 Å². The molecule has 4 aliphatic heterocycles. The number of amides is 1. The summed E-state index contributed by atoms with van der Waals surface area (Å²) in [5.74, 6) is 1.57. The molecule has 2 saturated heterocycles. The molecule has 12 heteroatoms. The van der Waals surface area contributed by atoms with Crippen molar-refractivity contribution in [2.75, 3.05) is 57.9 Å². The van der Waals surface area contributed by atoms with Crippen LogP contribution in [0.3, 0.4) is 0 Å². The van der Waals surface area contributed by atoms with Gasteiger partial charge in [0.15, 0.2) is 11.5 Å². The first kappa shape index (κ1) is 30.2. The molecule has 0 aliphatic carbocycles. The number of sulfonamides is 1. The number of aliphatic imine (C=N–C) groups is 1. The zero-order valence-electron chi connectivity index (χ0n) is 25.9. The van der Waals surface area contributed by atoms with Gasteiger partial charge >= 0.3 is 0 Å². The number of unbranched alkanes of at least 4 members (excludes halogenated alkanes) is 1. The van der Waals surface area contributed by atoms with Crippen molar-refractivity contribution in [2.24, 2.45) is 9.39 Å². The van der Waals surface area contributed by atoms with Crippen LogP contribution >= 0.6 is 0 Å². The number of hydrogen-bond acceptors (Lipinski definition) is 9. The van der Waals surface area contributed by atoms with Gasteiger partial charge in [-0.15, -0.1) is 4.40 Å². The fourth-order valence-corrected chi connectivity index (χ4v) is 7.79. The second-order valence-corrected chi connectivity index (χ2v) is 13.5. The maximum Gasteiger partial charge on any atom is 0.287 e. The number of anilines is 2. The van der Waals surface area contributed by atoms with E-state index in [1.54, 1.807) is 25.3 Å². The summed E-state index contributed by atoms with van der Waals surface area (Å²) in [6, 6.07) is 20.4. The fourth-order valence-electron chi connectivity index (χ4n) is 6.61. The smallest absolute Gasteiger partial charge is 0.287 e. The van der Waals surface area contributed by atoms with E-state index in [1.807, 2.05) is 64.5 Å². The first-order valence-corrected chi connectivity index (χ1v) is 17.3. The molecular weight excluding hydrogens is 604 g/mol. The number of methoxy groups -OCH3 is 1. The lowest BCUT2D eigenvalue weighted by atomic mass is 10.1. The minimum atomic E-state index is -3.82. The highest BCUT2D eigenvalue weighted by atomic mass is 32.2. The SMILES string of the molecule is COc1cc2c(cc1OCCCCN1CCN(C3=NS(=O)(=O)c4ccccc4N3c3ccccc3)CC1)N=C[C@@H]1CCCN1C2=O. The molecule has 0 radical (unpaired) electrons. The van der Waals surface area contributed by atoms with Crippen LogP contribution in [-0.4, -0.2) is 100 Å². The lowest BCUT2D eigenvalue weighted by molar-refractivity contribution is 0.0774. The zero-order chi connectivity index (χ0) is 31.7. The fraction of sp³-hybridized carbons (Fsp3) is 0.382. The molecule has 2 fully saturated rings. The van der Waals surface area contributed by atoms with Crippen LogP contribution in [-0.2, 0) is 10.0 Å². The summed E-state index contributed by atoms with van der Waals surface area (Å²) in [4.78, 5) is 26.3. The molecule has 46 heavy (non-hydrogen) atoms. The van der Waals surface area contributed by atoms with E-state index in [1.165, 1.54) is 0 Å². The molecule has 0 bridgehead atoms. The Balaban J connectivity index is 0.944. The molecule has 0 spiro atoms. The number of hydrogen-bond donors (Lipinski definition) is 0. The number of carbonyl (C=O) groups is 1. The summed E-state index contributed by atoms with van der Waals surface area (Å²) < 4.78 is 42.3. The number of carbonyl (C=O) groups excluding carboxylic acids is 1. The van der Waals surface area contributed by atoms with Crippen molar-refractivity contribution >= 4 is 45.2 Å². The van der Waals surface area contributed by atoms with Gasteiger partial charge in [-0.1, -0.05) is 30.3 Å². The molecule has 0 aromatic heterocycles. The average molecular weight is 643 g/mol. The molecule has 11 nitrogen and oxygen atoms in total. The summed E-state index contributed by atoms with van der Waals surface area (Å²) in [5, 5.41) is 0. The predicted octanol–water partition coefficient (Wildman–Crippen LogP) is 4.69. The Morgan fingerprint density at radius 2 is 1.70 bits per heavy atom. The van der Waals surface area contributed by atoms with Gasteiger partial charge in [0.2, 0.25) is 5.96 Å². The third-order valence-corrected chi connectivity index (χ3v) is 10.3. The molecule has 3 aromatic rings. The molecule has 4 aliphatic rings. The van der Waals surface area contributed by atoms with E-state index in [2.05, 4.69) is 19.2 Å². The minimum absolute atomic E-state index is 0.00489. The number of benzene rings is 3. The van der Waals surface area contributed by atoms with Gasteiger partial charge in [0.25, 0.3) is 15.9 Å². The molecule has 7 rings (SSSR count). The number of piperazine rings is 1. The number of nitrogens with zero attached hydrogens (tertiary/aromatic N) is 6. The van der Waals surface area contributed by atoms with Crippen molar-refractivity contribution in [2.45, 2.75) is 36.6 Å². The predicted molar refractivity (Wildman–Crippen MR) is 178 cm³/mol. The molecule has 4 heterocycles. The number of fused-ring (bicyclic) bond motifs is 3. The van der Waals surface area contributed by atoms with E-state index >= 15 is 0 Å². The van der Waals surface area contributed by atoms with E-state index in [4.69, 9.17) is 9.47 Å². The van der Waals surface area contributed by atoms with E-state index in [0.717, 1.165) is 57.5 Å². The van der Waals surface area contributed by atoms with Crippen LogP contribution in [0.15, 0.2) is 81.0 Å². The minimum Gasteiger partial charge on any atom is -0.493 e. The molecule has 3 aromatic carbocycles. The van der Waals surface area contributed by atoms with Gasteiger partial charge in [-0.3, -0.25) is 19.6 Å². The topological polar surface area (TPSA) is 107 Å². The average Bonchev–Trinajstić information content (AvgIpc) is 3.51. The Kier molecular flexibility index (Phi) is 8.39. The van der Waals surface area contributed by atoms with E-state index in [-0.39, 0.29) is 16.8 Å². The normalized spacial score (nSPS) is 20.5. The van der Waals surface area contributed by atoms with Crippen molar-refractivity contribution in [3.8, 4) is 11.5 Å². The van der Waals surface area contributed by atoms with Crippen LogP contribution in [0.25, 0.3) is 0 Å². The van der Waals surface area contributed by atoms with E-state index in [9.17, 15) is 13.2 Å². The summed E-state index contributed by atoms with van der Waals surface area (Å²) in [5.41, 5.74) is 2.66. The Labute approximate surface area is 269 Å². The third-order valence-electron chi connectivity index (χ3n) is 9.04. The Bertz CT molecular complexity index is 1770. The standard InChI is InChI=1S/C34H38N6O5S/c1-44-30-22-27-28(35-24-26-12-9-16-39(26)33(27)41)23-31(30)45-21-8-7-15-37-17-19-38(20-18-37)34-36-46(42,43)32-14-6-5-13-29(32)40(34)25-10-3-2-4-11-25/h2-6,10-11,13-14,22-24,26H,7-9,12,15-21H2,1H3/t26-/m0/s1. The van der Waals surface area contributed by atoms with Gasteiger partial charge < -0.3 is 19.3 Å². The maximum atomic E-state index is 13.2. The van der Waals surface area contributed by atoms with Crippen LogP contribution in [0.4, 0.5) is 17.1 Å². The van der Waals surface area contributed by atoms with Gasteiger partial charge in [0.05, 0.1) is 36.7 Å². The molecule has 1 amide bonds. The highest BCUT2D eigenvalue weighted by Crippen LogP contribution is 2.39. The van der Waals surface area contributed by atoms with Crippen molar-refractivity contribution in [3.63, 3.8) is 0 Å². The second-order valence-electron chi connectivity index (χ2n) is 11.9. The first-order valence-electron chi connectivity index (χ1n) is 15.9. The zero-order valence-corrected chi connectivity index (χ0v) is 26.7.